The van der Waals surface area contributed by atoms with Crippen molar-refractivity contribution in [2.75, 3.05) is 53.5 Å². The molecule has 1 aliphatic rings. The van der Waals surface area contributed by atoms with E-state index in [0.29, 0.717) is 18.9 Å². The number of rotatable bonds is 7. The Balaban J connectivity index is 1.71. The molecule has 0 saturated carbocycles. The van der Waals surface area contributed by atoms with Crippen molar-refractivity contribution in [1.29, 1.82) is 0 Å². The largest absolute Gasteiger partial charge is 0.491 e. The third-order valence-electron chi connectivity index (χ3n) is 3.52. The molecular weight excluding hydrogens is 287 g/mol. The molecule has 124 valence electrons. The highest BCUT2D eigenvalue weighted by Gasteiger charge is 2.22. The van der Waals surface area contributed by atoms with Crippen molar-refractivity contribution < 1.29 is 19.0 Å². The number of likely N-dealkylation sites (N-methyl/N-ethyl adjacent to an activating group) is 1. The van der Waals surface area contributed by atoms with Gasteiger partial charge in [-0.15, -0.1) is 0 Å². The molecule has 0 bridgehead atoms. The van der Waals surface area contributed by atoms with Crippen molar-refractivity contribution in [3.63, 3.8) is 0 Å². The lowest BCUT2D eigenvalue weighted by Crippen LogP contribution is -2.49. The number of benzene rings is 1. The van der Waals surface area contributed by atoms with E-state index in [2.05, 4.69) is 9.80 Å². The van der Waals surface area contributed by atoms with Gasteiger partial charge in [-0.2, -0.15) is 0 Å². The first kappa shape index (κ1) is 17.1. The number of hydrogen-bond donors (Lipinski definition) is 1. The smallest absolute Gasteiger partial charge is 0.123 e. The second kappa shape index (κ2) is 8.43. The number of β-amino-alcohol motifs (C(OH)–C–C–N with tert-alkyl or cyclic N) is 1. The van der Waals surface area contributed by atoms with Crippen LogP contribution in [0.3, 0.4) is 0 Å². The molecule has 0 unspecified atom stereocenters. The number of nitrogens with zero attached hydrogens (tertiary/aromatic N) is 2. The van der Waals surface area contributed by atoms with Gasteiger partial charge in [0.1, 0.15) is 24.3 Å². The molecule has 6 heteroatoms. The van der Waals surface area contributed by atoms with Gasteiger partial charge < -0.3 is 19.5 Å². The summed E-state index contributed by atoms with van der Waals surface area (Å²) in [6.07, 6.45) is -0.405. The molecular formula is C16H25FN2O3. The van der Waals surface area contributed by atoms with E-state index in [0.717, 1.165) is 19.6 Å². The molecule has 0 radical (unpaired) electrons. The van der Waals surface area contributed by atoms with Crippen LogP contribution in [0.5, 0.6) is 5.75 Å². The minimum Gasteiger partial charge on any atom is -0.491 e. The van der Waals surface area contributed by atoms with Crippen LogP contribution in [-0.2, 0) is 4.74 Å². The second-order valence-corrected chi connectivity index (χ2v) is 5.93. The number of morpholine rings is 1. The molecule has 5 nitrogen and oxygen atoms in total. The van der Waals surface area contributed by atoms with Gasteiger partial charge in [-0.05, 0) is 38.4 Å². The molecule has 2 atom stereocenters. The van der Waals surface area contributed by atoms with E-state index in [1.807, 2.05) is 14.1 Å². The Hall–Kier alpha value is -1.21. The maximum atomic E-state index is 12.8. The Kier molecular flexibility index (Phi) is 6.57. The van der Waals surface area contributed by atoms with Gasteiger partial charge in [0.25, 0.3) is 0 Å². The Morgan fingerprint density at radius 2 is 2.14 bits per heavy atom. The van der Waals surface area contributed by atoms with Gasteiger partial charge in [0.05, 0.1) is 12.7 Å². The van der Waals surface area contributed by atoms with Crippen LogP contribution in [0.2, 0.25) is 0 Å². The fourth-order valence-electron chi connectivity index (χ4n) is 2.54. The van der Waals surface area contributed by atoms with Crippen molar-refractivity contribution in [2.45, 2.75) is 12.2 Å². The first-order valence-corrected chi connectivity index (χ1v) is 7.58. The second-order valence-electron chi connectivity index (χ2n) is 5.93. The Labute approximate surface area is 131 Å². The minimum atomic E-state index is -0.580. The van der Waals surface area contributed by atoms with Crippen LogP contribution in [0.15, 0.2) is 24.3 Å². The lowest BCUT2D eigenvalue weighted by atomic mass is 10.2. The number of hydrogen-bond acceptors (Lipinski definition) is 5. The highest BCUT2D eigenvalue weighted by Crippen LogP contribution is 2.12. The van der Waals surface area contributed by atoms with E-state index >= 15 is 0 Å². The SMILES string of the molecule is CN(C)C[C@H]1CN(C[C@H](O)COc2ccc(F)cc2)CCO1. The quantitative estimate of drug-likeness (QED) is 0.808. The Morgan fingerprint density at radius 3 is 2.82 bits per heavy atom. The van der Waals surface area contributed by atoms with Gasteiger partial charge in [0, 0.05) is 26.2 Å². The summed E-state index contributed by atoms with van der Waals surface area (Å²) >= 11 is 0. The Bertz CT molecular complexity index is 442. The van der Waals surface area contributed by atoms with E-state index in [1.54, 1.807) is 12.1 Å². The maximum Gasteiger partial charge on any atom is 0.123 e. The summed E-state index contributed by atoms with van der Waals surface area (Å²) in [6, 6.07) is 5.80. The van der Waals surface area contributed by atoms with Gasteiger partial charge in [0.15, 0.2) is 0 Å². The number of halogens is 1. The average molecular weight is 312 g/mol. The van der Waals surface area contributed by atoms with Crippen LogP contribution in [0.1, 0.15) is 0 Å². The number of aliphatic hydroxyl groups excluding tert-OH is 1. The third kappa shape index (κ3) is 5.88. The first-order valence-electron chi connectivity index (χ1n) is 7.58. The van der Waals surface area contributed by atoms with Gasteiger partial charge in [-0.25, -0.2) is 4.39 Å². The lowest BCUT2D eigenvalue weighted by molar-refractivity contribution is -0.0519. The highest BCUT2D eigenvalue weighted by molar-refractivity contribution is 5.22. The number of ether oxygens (including phenoxy) is 2. The van der Waals surface area contributed by atoms with Crippen LogP contribution < -0.4 is 4.74 Å². The summed E-state index contributed by atoms with van der Waals surface area (Å²) in [6.45, 7) is 3.93. The molecule has 1 N–H and O–H groups in total. The normalized spacial score (nSPS) is 21.0. The minimum absolute atomic E-state index is 0.175. The number of aliphatic hydroxyl groups is 1. The average Bonchev–Trinajstić information content (AvgIpc) is 2.46. The topological polar surface area (TPSA) is 45.2 Å². The van der Waals surface area contributed by atoms with Crippen LogP contribution in [0.4, 0.5) is 4.39 Å². The summed E-state index contributed by atoms with van der Waals surface area (Å²) in [7, 11) is 4.04. The molecule has 1 aliphatic heterocycles. The predicted octanol–water partition coefficient (Wildman–Crippen LogP) is 0.828. The summed E-state index contributed by atoms with van der Waals surface area (Å²) < 4.78 is 24.0. The van der Waals surface area contributed by atoms with E-state index in [-0.39, 0.29) is 18.5 Å². The van der Waals surface area contributed by atoms with Crippen LogP contribution in [0.25, 0.3) is 0 Å². The molecule has 1 saturated heterocycles. The lowest BCUT2D eigenvalue weighted by Gasteiger charge is -2.35. The van der Waals surface area contributed by atoms with Gasteiger partial charge in [0.2, 0.25) is 0 Å². The fourth-order valence-corrected chi connectivity index (χ4v) is 2.54. The van der Waals surface area contributed by atoms with Crippen LogP contribution in [-0.4, -0.2) is 80.6 Å². The molecule has 0 amide bonds. The zero-order valence-electron chi connectivity index (χ0n) is 13.2. The molecule has 0 aromatic heterocycles. The molecule has 0 spiro atoms. The van der Waals surface area contributed by atoms with Crippen molar-refractivity contribution in [3.05, 3.63) is 30.1 Å². The Morgan fingerprint density at radius 1 is 1.41 bits per heavy atom. The van der Waals surface area contributed by atoms with Gasteiger partial charge >= 0.3 is 0 Å². The first-order chi connectivity index (χ1) is 10.5. The van der Waals surface area contributed by atoms with Gasteiger partial charge in [-0.3, -0.25) is 4.90 Å². The van der Waals surface area contributed by atoms with Crippen LogP contribution in [0, 0.1) is 5.82 Å². The molecule has 1 heterocycles. The van der Waals surface area contributed by atoms with Crippen molar-refractivity contribution in [1.82, 2.24) is 9.80 Å². The van der Waals surface area contributed by atoms with Crippen molar-refractivity contribution >= 4 is 0 Å². The molecule has 0 aliphatic carbocycles. The fraction of sp³-hybridized carbons (Fsp3) is 0.625. The zero-order chi connectivity index (χ0) is 15.9. The molecule has 1 fully saturated rings. The third-order valence-corrected chi connectivity index (χ3v) is 3.52. The van der Waals surface area contributed by atoms with Crippen molar-refractivity contribution in [2.24, 2.45) is 0 Å². The molecule has 1 aromatic rings. The molecule has 1 aromatic carbocycles. The predicted molar refractivity (Wildman–Crippen MR) is 82.6 cm³/mol. The maximum absolute atomic E-state index is 12.8. The summed E-state index contributed by atoms with van der Waals surface area (Å²) in [4.78, 5) is 4.29. The monoisotopic (exact) mass is 312 g/mol. The van der Waals surface area contributed by atoms with E-state index < -0.39 is 6.10 Å². The summed E-state index contributed by atoms with van der Waals surface area (Å²) in [5.41, 5.74) is 0. The van der Waals surface area contributed by atoms with Crippen LogP contribution >= 0.6 is 0 Å². The molecule has 2 rings (SSSR count). The highest BCUT2D eigenvalue weighted by atomic mass is 19.1. The summed E-state index contributed by atoms with van der Waals surface area (Å²) in [5.74, 6) is 0.265. The van der Waals surface area contributed by atoms with E-state index in [1.165, 1.54) is 12.1 Å². The van der Waals surface area contributed by atoms with Crippen molar-refractivity contribution in [3.8, 4) is 5.75 Å². The van der Waals surface area contributed by atoms with E-state index in [9.17, 15) is 9.50 Å². The molecule has 22 heavy (non-hydrogen) atoms. The summed E-state index contributed by atoms with van der Waals surface area (Å²) in [5, 5.41) is 10.1. The van der Waals surface area contributed by atoms with E-state index in [4.69, 9.17) is 9.47 Å². The zero-order valence-corrected chi connectivity index (χ0v) is 13.2. The van der Waals surface area contributed by atoms with Gasteiger partial charge in [-0.1, -0.05) is 0 Å². The standard InChI is InChI=1S/C16H25FN2O3/c1-18(2)10-16-11-19(7-8-21-16)9-14(20)12-22-15-5-3-13(17)4-6-15/h3-6,14,16,20H,7-12H2,1-2H3/t14-,16-/m0/s1.